The topological polar surface area (TPSA) is 132 Å². The molecule has 1 fully saturated rings. The lowest BCUT2D eigenvalue weighted by atomic mass is 9.99. The number of piperidine rings is 1. The molecule has 0 aliphatic carbocycles. The van der Waals surface area contributed by atoms with E-state index in [-0.39, 0.29) is 27.5 Å². The highest BCUT2D eigenvalue weighted by Crippen LogP contribution is 2.32. The number of carbonyl (C=O) groups is 2. The van der Waals surface area contributed by atoms with E-state index in [1.807, 2.05) is 0 Å². The Morgan fingerprint density at radius 2 is 1.72 bits per heavy atom. The second kappa shape index (κ2) is 7.77. The maximum Gasteiger partial charge on any atom is 0.262 e. The molecule has 0 spiro atoms. The number of nitrogens with one attached hydrogen (secondary N) is 1. The summed E-state index contributed by atoms with van der Waals surface area (Å²) in [6.07, 6.45) is 2.01. The first-order chi connectivity index (χ1) is 15.0. The van der Waals surface area contributed by atoms with E-state index < -0.39 is 32.5 Å². The fourth-order valence-corrected chi connectivity index (χ4v) is 5.37. The number of fused-ring (bicyclic) bond motifs is 1. The van der Waals surface area contributed by atoms with Crippen molar-refractivity contribution in [3.05, 3.63) is 45.7 Å². The van der Waals surface area contributed by atoms with E-state index in [0.717, 1.165) is 42.3 Å². The highest BCUT2D eigenvalue weighted by molar-refractivity contribution is 7.92. The molecular formula is C22H26N4O5S. The molecule has 0 unspecified atom stereocenters. The van der Waals surface area contributed by atoms with Crippen LogP contribution in [0.1, 0.15) is 54.3 Å². The molecule has 1 aromatic carbocycles. The largest absolute Gasteiger partial charge is 0.384 e. The second-order valence-corrected chi connectivity index (χ2v) is 11.2. The van der Waals surface area contributed by atoms with Gasteiger partial charge >= 0.3 is 0 Å². The van der Waals surface area contributed by atoms with Gasteiger partial charge in [-0.05, 0) is 50.8 Å². The zero-order chi connectivity index (χ0) is 23.4. The molecular weight excluding hydrogens is 432 g/mol. The SMILES string of the molecule is CC1CCN(c2ccc(S(=O)(=O)C(C)C)c(-n3c(N)c4c(cc3=O)C(=O)NC4=O)c2)CC1. The van der Waals surface area contributed by atoms with Crippen LogP contribution in [0.25, 0.3) is 5.69 Å². The lowest BCUT2D eigenvalue weighted by molar-refractivity contribution is 0.0880. The second-order valence-electron chi connectivity index (χ2n) is 8.69. The highest BCUT2D eigenvalue weighted by atomic mass is 32.2. The standard InChI is InChI=1S/C22H26N4O5S/c1-12(2)32(30,31)17-5-4-14(25-8-6-13(3)7-9-25)10-16(17)26-18(27)11-15-19(20(26)23)22(29)24-21(15)28/h4-5,10-13H,6-9,23H2,1-3H3,(H,24,28,29). The van der Waals surface area contributed by atoms with Gasteiger partial charge in [0.25, 0.3) is 17.4 Å². The molecule has 0 bridgehead atoms. The van der Waals surface area contributed by atoms with Crippen molar-refractivity contribution in [2.75, 3.05) is 23.7 Å². The summed E-state index contributed by atoms with van der Waals surface area (Å²) in [5.74, 6) is -1.07. The molecule has 32 heavy (non-hydrogen) atoms. The molecule has 2 aromatic rings. The van der Waals surface area contributed by atoms with Crippen LogP contribution in [0.3, 0.4) is 0 Å². The number of nitrogen functional groups attached to an aromatic ring is 1. The van der Waals surface area contributed by atoms with Crippen LogP contribution in [-0.4, -0.2) is 43.1 Å². The summed E-state index contributed by atoms with van der Waals surface area (Å²) in [6, 6.07) is 5.87. The van der Waals surface area contributed by atoms with Crippen molar-refractivity contribution in [1.29, 1.82) is 0 Å². The predicted molar refractivity (Wildman–Crippen MR) is 121 cm³/mol. The first kappa shape index (κ1) is 22.1. The molecule has 10 heteroatoms. The average Bonchev–Trinajstić information content (AvgIpc) is 3.01. The van der Waals surface area contributed by atoms with Crippen molar-refractivity contribution in [1.82, 2.24) is 9.88 Å². The Morgan fingerprint density at radius 3 is 2.34 bits per heavy atom. The Bertz CT molecular complexity index is 1290. The van der Waals surface area contributed by atoms with Gasteiger partial charge in [-0.2, -0.15) is 0 Å². The van der Waals surface area contributed by atoms with Gasteiger partial charge in [0.05, 0.1) is 27.0 Å². The van der Waals surface area contributed by atoms with Gasteiger partial charge in [0.1, 0.15) is 5.82 Å². The number of aromatic nitrogens is 1. The Hall–Kier alpha value is -3.14. The first-order valence-electron chi connectivity index (χ1n) is 10.6. The number of carbonyl (C=O) groups excluding carboxylic acids is 2. The zero-order valence-corrected chi connectivity index (χ0v) is 19.0. The van der Waals surface area contributed by atoms with Crippen LogP contribution in [0.2, 0.25) is 0 Å². The van der Waals surface area contributed by atoms with Gasteiger partial charge in [0.2, 0.25) is 0 Å². The van der Waals surface area contributed by atoms with Crippen molar-refractivity contribution < 1.29 is 18.0 Å². The molecule has 170 valence electrons. The Balaban J connectivity index is 1.98. The summed E-state index contributed by atoms with van der Waals surface area (Å²) in [4.78, 5) is 39.4. The molecule has 2 aliphatic heterocycles. The lowest BCUT2D eigenvalue weighted by Crippen LogP contribution is -2.33. The number of pyridine rings is 1. The fraction of sp³-hybridized carbons (Fsp3) is 0.409. The number of sulfone groups is 1. The zero-order valence-electron chi connectivity index (χ0n) is 18.2. The van der Waals surface area contributed by atoms with Gasteiger partial charge in [-0.15, -0.1) is 0 Å². The molecule has 0 atom stereocenters. The number of nitrogens with zero attached hydrogens (tertiary/aromatic N) is 2. The van der Waals surface area contributed by atoms with Gasteiger partial charge < -0.3 is 10.6 Å². The van der Waals surface area contributed by atoms with Crippen molar-refractivity contribution in [2.45, 2.75) is 43.8 Å². The minimum atomic E-state index is -3.79. The van der Waals surface area contributed by atoms with Crippen molar-refractivity contribution in [3.63, 3.8) is 0 Å². The summed E-state index contributed by atoms with van der Waals surface area (Å²) >= 11 is 0. The molecule has 3 heterocycles. The fourth-order valence-electron chi connectivity index (χ4n) is 4.17. The van der Waals surface area contributed by atoms with Gasteiger partial charge in [-0.25, -0.2) is 8.42 Å². The van der Waals surface area contributed by atoms with Crippen molar-refractivity contribution >= 4 is 33.2 Å². The molecule has 0 saturated carbocycles. The van der Waals surface area contributed by atoms with Gasteiger partial charge in [0.15, 0.2) is 9.84 Å². The quantitative estimate of drug-likeness (QED) is 0.667. The van der Waals surface area contributed by atoms with Gasteiger partial charge in [-0.3, -0.25) is 24.3 Å². The Kier molecular flexibility index (Phi) is 5.36. The maximum absolute atomic E-state index is 13.1. The van der Waals surface area contributed by atoms with Gasteiger partial charge in [0, 0.05) is 24.8 Å². The van der Waals surface area contributed by atoms with Crippen LogP contribution in [0.4, 0.5) is 11.5 Å². The van der Waals surface area contributed by atoms with Crippen LogP contribution in [-0.2, 0) is 9.84 Å². The maximum atomic E-state index is 13.1. The van der Waals surface area contributed by atoms with E-state index >= 15 is 0 Å². The van der Waals surface area contributed by atoms with Crippen LogP contribution < -0.4 is 21.5 Å². The third-order valence-corrected chi connectivity index (χ3v) is 8.41. The predicted octanol–water partition coefficient (Wildman–Crippen LogP) is 1.72. The number of anilines is 2. The monoisotopic (exact) mass is 458 g/mol. The minimum Gasteiger partial charge on any atom is -0.384 e. The van der Waals surface area contributed by atoms with Crippen molar-refractivity contribution in [2.24, 2.45) is 5.92 Å². The number of imide groups is 1. The third kappa shape index (κ3) is 3.48. The summed E-state index contributed by atoms with van der Waals surface area (Å²) in [7, 11) is -3.79. The molecule has 4 rings (SSSR count). The number of benzene rings is 1. The lowest BCUT2D eigenvalue weighted by Gasteiger charge is -2.32. The molecule has 2 amide bonds. The van der Waals surface area contributed by atoms with E-state index in [1.54, 1.807) is 26.0 Å². The van der Waals surface area contributed by atoms with E-state index in [9.17, 15) is 22.8 Å². The number of rotatable bonds is 4. The van der Waals surface area contributed by atoms with E-state index in [0.29, 0.717) is 5.92 Å². The minimum absolute atomic E-state index is 0.0555. The molecule has 1 aromatic heterocycles. The average molecular weight is 459 g/mol. The normalized spacial score (nSPS) is 17.1. The number of hydrogen-bond donors (Lipinski definition) is 2. The molecule has 0 radical (unpaired) electrons. The number of amides is 2. The van der Waals surface area contributed by atoms with Crippen LogP contribution >= 0.6 is 0 Å². The summed E-state index contributed by atoms with van der Waals surface area (Å²) < 4.78 is 27.3. The Morgan fingerprint density at radius 1 is 1.06 bits per heavy atom. The van der Waals surface area contributed by atoms with Crippen LogP contribution in [0.15, 0.2) is 34.0 Å². The Labute approximate surface area is 186 Å². The van der Waals surface area contributed by atoms with Crippen LogP contribution in [0, 0.1) is 5.92 Å². The van der Waals surface area contributed by atoms with E-state index in [4.69, 9.17) is 5.73 Å². The molecule has 9 nitrogen and oxygen atoms in total. The molecule has 1 saturated heterocycles. The summed E-state index contributed by atoms with van der Waals surface area (Å²) in [6.45, 7) is 6.92. The summed E-state index contributed by atoms with van der Waals surface area (Å²) in [5, 5.41) is 1.39. The van der Waals surface area contributed by atoms with Crippen molar-refractivity contribution in [3.8, 4) is 5.69 Å². The van der Waals surface area contributed by atoms with Gasteiger partial charge in [-0.1, -0.05) is 6.92 Å². The van der Waals surface area contributed by atoms with E-state index in [2.05, 4.69) is 17.1 Å². The molecule has 3 N–H and O–H groups in total. The van der Waals surface area contributed by atoms with Crippen LogP contribution in [0.5, 0.6) is 0 Å². The highest BCUT2D eigenvalue weighted by Gasteiger charge is 2.33. The number of nitrogens with two attached hydrogens (primary N) is 1. The third-order valence-electron chi connectivity index (χ3n) is 6.21. The first-order valence-corrected chi connectivity index (χ1v) is 12.1. The van der Waals surface area contributed by atoms with E-state index in [1.165, 1.54) is 6.07 Å². The summed E-state index contributed by atoms with van der Waals surface area (Å²) in [5.41, 5.74) is 6.12. The smallest absolute Gasteiger partial charge is 0.262 e. The number of hydrogen-bond acceptors (Lipinski definition) is 7. The molecule has 2 aliphatic rings.